The van der Waals surface area contributed by atoms with Crippen molar-refractivity contribution in [3.63, 3.8) is 0 Å². The highest BCUT2D eigenvalue weighted by molar-refractivity contribution is 5.82. The lowest BCUT2D eigenvalue weighted by Gasteiger charge is -2.07. The molecule has 0 aliphatic carbocycles. The van der Waals surface area contributed by atoms with E-state index in [4.69, 9.17) is 0 Å². The molecule has 1 heteroatoms. The van der Waals surface area contributed by atoms with E-state index in [-0.39, 0.29) is 5.92 Å². The maximum absolute atomic E-state index is 11.6. The van der Waals surface area contributed by atoms with Gasteiger partial charge >= 0.3 is 0 Å². The summed E-state index contributed by atoms with van der Waals surface area (Å²) in [7, 11) is 0. The van der Waals surface area contributed by atoms with Crippen molar-refractivity contribution in [3.05, 3.63) is 35.4 Å². The fourth-order valence-electron chi connectivity index (χ4n) is 1.67. The molecule has 0 atom stereocenters. The molecule has 0 unspecified atom stereocenters. The highest BCUT2D eigenvalue weighted by Crippen LogP contribution is 2.11. The van der Waals surface area contributed by atoms with Gasteiger partial charge in [-0.1, -0.05) is 52.0 Å². The second kappa shape index (κ2) is 5.83. The van der Waals surface area contributed by atoms with E-state index in [0.29, 0.717) is 18.1 Å². The summed E-state index contributed by atoms with van der Waals surface area (Å²) in [5.41, 5.74) is 2.49. The minimum absolute atomic E-state index is 0.135. The van der Waals surface area contributed by atoms with E-state index < -0.39 is 0 Å². The predicted molar refractivity (Wildman–Crippen MR) is 68.5 cm³/mol. The number of carbonyl (C=O) groups excluding carboxylic acids is 1. The van der Waals surface area contributed by atoms with Gasteiger partial charge in [0.2, 0.25) is 0 Å². The first kappa shape index (κ1) is 13.0. The van der Waals surface area contributed by atoms with Gasteiger partial charge in [0.25, 0.3) is 0 Å². The third kappa shape index (κ3) is 4.18. The quantitative estimate of drug-likeness (QED) is 0.737. The third-order valence-electron chi connectivity index (χ3n) is 2.69. The molecule has 0 fully saturated rings. The molecule has 0 aliphatic rings. The van der Waals surface area contributed by atoms with Gasteiger partial charge in [-0.05, 0) is 23.5 Å². The minimum atomic E-state index is 0.135. The van der Waals surface area contributed by atoms with Crippen LogP contribution in [-0.2, 0) is 17.6 Å². The number of rotatable bonds is 5. The van der Waals surface area contributed by atoms with Crippen molar-refractivity contribution in [2.24, 2.45) is 11.8 Å². The molecule has 0 aliphatic heterocycles. The smallest absolute Gasteiger partial charge is 0.139 e. The summed E-state index contributed by atoms with van der Waals surface area (Å²) in [6, 6.07) is 8.45. The third-order valence-corrected chi connectivity index (χ3v) is 2.69. The van der Waals surface area contributed by atoms with Crippen LogP contribution in [-0.4, -0.2) is 5.78 Å². The van der Waals surface area contributed by atoms with Gasteiger partial charge in [-0.3, -0.25) is 4.79 Å². The Morgan fingerprint density at radius 2 is 1.50 bits per heavy atom. The average molecular weight is 218 g/mol. The Bertz CT molecular complexity index is 333. The Labute approximate surface area is 98.9 Å². The van der Waals surface area contributed by atoms with Crippen LogP contribution in [0.2, 0.25) is 0 Å². The van der Waals surface area contributed by atoms with Crippen molar-refractivity contribution < 1.29 is 4.79 Å². The van der Waals surface area contributed by atoms with E-state index in [1.807, 2.05) is 13.8 Å². The fourth-order valence-corrected chi connectivity index (χ4v) is 1.67. The molecule has 0 spiro atoms. The van der Waals surface area contributed by atoms with Crippen LogP contribution >= 0.6 is 0 Å². The second-order valence-electron chi connectivity index (χ2n) is 5.21. The normalized spacial score (nSPS) is 11.1. The van der Waals surface area contributed by atoms with Crippen LogP contribution in [0.3, 0.4) is 0 Å². The first-order valence-corrected chi connectivity index (χ1v) is 6.09. The average Bonchev–Trinajstić information content (AvgIpc) is 2.20. The zero-order valence-electron chi connectivity index (χ0n) is 10.8. The molecule has 16 heavy (non-hydrogen) atoms. The summed E-state index contributed by atoms with van der Waals surface area (Å²) in [5, 5.41) is 0. The SMILES string of the molecule is CC(C)Cc1ccc(CC(=O)C(C)C)cc1. The number of carbonyl (C=O) groups is 1. The van der Waals surface area contributed by atoms with E-state index in [0.717, 1.165) is 12.0 Å². The Kier molecular flexibility index (Phi) is 4.72. The molecular weight excluding hydrogens is 196 g/mol. The lowest BCUT2D eigenvalue weighted by atomic mass is 9.98. The maximum atomic E-state index is 11.6. The zero-order valence-corrected chi connectivity index (χ0v) is 10.8. The maximum Gasteiger partial charge on any atom is 0.139 e. The molecule has 1 aromatic carbocycles. The highest BCUT2D eigenvalue weighted by Gasteiger charge is 2.08. The van der Waals surface area contributed by atoms with E-state index >= 15 is 0 Å². The van der Waals surface area contributed by atoms with Crippen LogP contribution in [0.1, 0.15) is 38.8 Å². The number of ketones is 1. The summed E-state index contributed by atoms with van der Waals surface area (Å²) in [4.78, 5) is 11.6. The van der Waals surface area contributed by atoms with E-state index in [1.54, 1.807) is 0 Å². The topological polar surface area (TPSA) is 17.1 Å². The molecule has 1 nitrogen and oxygen atoms in total. The Balaban J connectivity index is 2.61. The van der Waals surface area contributed by atoms with Gasteiger partial charge < -0.3 is 0 Å². The van der Waals surface area contributed by atoms with E-state index in [1.165, 1.54) is 5.56 Å². The summed E-state index contributed by atoms with van der Waals surface area (Å²) in [5.74, 6) is 1.13. The van der Waals surface area contributed by atoms with Crippen molar-refractivity contribution in [2.75, 3.05) is 0 Å². The molecular formula is C15H22O. The number of hydrogen-bond donors (Lipinski definition) is 0. The van der Waals surface area contributed by atoms with Crippen molar-refractivity contribution in [2.45, 2.75) is 40.5 Å². The zero-order chi connectivity index (χ0) is 12.1. The molecule has 0 aromatic heterocycles. The number of Topliss-reactive ketones (excluding diaryl/α,β-unsaturated/α-hetero) is 1. The van der Waals surface area contributed by atoms with Gasteiger partial charge in [0.05, 0.1) is 0 Å². The first-order chi connectivity index (χ1) is 7.49. The Morgan fingerprint density at radius 3 is 1.94 bits per heavy atom. The second-order valence-corrected chi connectivity index (χ2v) is 5.21. The van der Waals surface area contributed by atoms with Gasteiger partial charge in [0.1, 0.15) is 5.78 Å². The molecule has 0 N–H and O–H groups in total. The van der Waals surface area contributed by atoms with Gasteiger partial charge in [0.15, 0.2) is 0 Å². The Hall–Kier alpha value is -1.11. The van der Waals surface area contributed by atoms with Gasteiger partial charge in [-0.2, -0.15) is 0 Å². The largest absolute Gasteiger partial charge is 0.299 e. The fraction of sp³-hybridized carbons (Fsp3) is 0.533. The standard InChI is InChI=1S/C15H22O/c1-11(2)9-13-5-7-14(8-6-13)10-15(16)12(3)4/h5-8,11-12H,9-10H2,1-4H3. The molecule has 0 heterocycles. The summed E-state index contributed by atoms with van der Waals surface area (Å²) < 4.78 is 0. The van der Waals surface area contributed by atoms with Gasteiger partial charge in [0, 0.05) is 12.3 Å². The van der Waals surface area contributed by atoms with Crippen molar-refractivity contribution in [1.29, 1.82) is 0 Å². The summed E-state index contributed by atoms with van der Waals surface area (Å²) in [6.45, 7) is 8.34. The molecule has 0 radical (unpaired) electrons. The minimum Gasteiger partial charge on any atom is -0.299 e. The first-order valence-electron chi connectivity index (χ1n) is 6.09. The predicted octanol–water partition coefficient (Wildman–Crippen LogP) is 3.65. The molecule has 1 rings (SSSR count). The molecule has 0 saturated heterocycles. The van der Waals surface area contributed by atoms with Crippen LogP contribution < -0.4 is 0 Å². The van der Waals surface area contributed by atoms with Crippen LogP contribution in [0, 0.1) is 11.8 Å². The number of benzene rings is 1. The van der Waals surface area contributed by atoms with Gasteiger partial charge in [-0.15, -0.1) is 0 Å². The Morgan fingerprint density at radius 1 is 1.00 bits per heavy atom. The molecule has 1 aromatic rings. The molecule has 88 valence electrons. The van der Waals surface area contributed by atoms with Crippen LogP contribution in [0.25, 0.3) is 0 Å². The van der Waals surface area contributed by atoms with Crippen LogP contribution in [0.5, 0.6) is 0 Å². The van der Waals surface area contributed by atoms with Crippen molar-refractivity contribution in [1.82, 2.24) is 0 Å². The molecule has 0 bridgehead atoms. The highest BCUT2D eigenvalue weighted by atomic mass is 16.1. The van der Waals surface area contributed by atoms with Crippen molar-refractivity contribution in [3.8, 4) is 0 Å². The lowest BCUT2D eigenvalue weighted by molar-refractivity contribution is -0.121. The van der Waals surface area contributed by atoms with Gasteiger partial charge in [-0.25, -0.2) is 0 Å². The number of hydrogen-bond acceptors (Lipinski definition) is 1. The monoisotopic (exact) mass is 218 g/mol. The van der Waals surface area contributed by atoms with Crippen LogP contribution in [0.4, 0.5) is 0 Å². The molecule has 0 saturated carbocycles. The summed E-state index contributed by atoms with van der Waals surface area (Å²) in [6.07, 6.45) is 1.68. The molecule has 0 amide bonds. The van der Waals surface area contributed by atoms with E-state index in [2.05, 4.69) is 38.1 Å². The van der Waals surface area contributed by atoms with Crippen LogP contribution in [0.15, 0.2) is 24.3 Å². The van der Waals surface area contributed by atoms with E-state index in [9.17, 15) is 4.79 Å². The lowest BCUT2D eigenvalue weighted by Crippen LogP contribution is -2.10. The van der Waals surface area contributed by atoms with Crippen molar-refractivity contribution >= 4 is 5.78 Å². The summed E-state index contributed by atoms with van der Waals surface area (Å²) >= 11 is 0.